The summed E-state index contributed by atoms with van der Waals surface area (Å²) in [6.07, 6.45) is 0. The molecule has 2 rings (SSSR count). The highest BCUT2D eigenvalue weighted by atomic mass is 35.5. The molecule has 0 saturated carbocycles. The number of halogens is 1. The minimum absolute atomic E-state index is 0.0536. The molecule has 6 nitrogen and oxygen atoms in total. The van der Waals surface area contributed by atoms with Crippen LogP contribution in [0.25, 0.3) is 0 Å². The number of rotatable bonds is 7. The van der Waals surface area contributed by atoms with Crippen molar-refractivity contribution in [3.05, 3.63) is 53.1 Å². The third kappa shape index (κ3) is 5.63. The Kier molecular flexibility index (Phi) is 6.94. The van der Waals surface area contributed by atoms with E-state index in [9.17, 15) is 13.2 Å². The maximum Gasteiger partial charge on any atom is 0.238 e. The first kappa shape index (κ1) is 20.6. The van der Waals surface area contributed by atoms with Crippen LogP contribution in [-0.2, 0) is 20.6 Å². The molecule has 26 heavy (non-hydrogen) atoms. The topological polar surface area (TPSA) is 92.5 Å². The van der Waals surface area contributed by atoms with E-state index >= 15 is 0 Å². The van der Waals surface area contributed by atoms with Gasteiger partial charge in [0.05, 0.1) is 22.0 Å². The van der Waals surface area contributed by atoms with Gasteiger partial charge in [0.1, 0.15) is 0 Å². The molecular weight excluding hydrogens is 394 g/mol. The molecule has 2 aromatic rings. The number of carbonyl (C=O) groups is 1. The molecule has 0 radical (unpaired) electrons. The van der Waals surface area contributed by atoms with Crippen molar-refractivity contribution in [2.45, 2.75) is 10.6 Å². The van der Waals surface area contributed by atoms with Crippen molar-refractivity contribution < 1.29 is 13.2 Å². The number of anilines is 2. The lowest BCUT2D eigenvalue weighted by Crippen LogP contribution is -2.19. The number of nitrogens with two attached hydrogens (primary N) is 1. The molecule has 0 bridgehead atoms. The van der Waals surface area contributed by atoms with Gasteiger partial charge in [-0.25, -0.2) is 13.6 Å². The zero-order chi connectivity index (χ0) is 19.3. The van der Waals surface area contributed by atoms with Crippen LogP contribution in [0.3, 0.4) is 0 Å². The van der Waals surface area contributed by atoms with Crippen LogP contribution in [0.4, 0.5) is 11.4 Å². The molecule has 2 aromatic carbocycles. The second-order valence-corrected chi connectivity index (χ2v) is 8.70. The van der Waals surface area contributed by atoms with E-state index in [-0.39, 0.29) is 16.6 Å². The Morgan fingerprint density at radius 2 is 1.92 bits per heavy atom. The molecule has 0 fully saturated rings. The van der Waals surface area contributed by atoms with Crippen LogP contribution in [0.15, 0.2) is 47.4 Å². The number of nitrogens with one attached hydrogen (secondary N) is 1. The number of amides is 1. The van der Waals surface area contributed by atoms with Crippen molar-refractivity contribution in [2.75, 3.05) is 30.1 Å². The fourth-order valence-corrected chi connectivity index (χ4v) is 3.89. The van der Waals surface area contributed by atoms with Crippen LogP contribution in [0.5, 0.6) is 0 Å². The van der Waals surface area contributed by atoms with Crippen LogP contribution in [0, 0.1) is 0 Å². The Hall–Kier alpha value is -1.74. The summed E-state index contributed by atoms with van der Waals surface area (Å²) < 4.78 is 23.1. The van der Waals surface area contributed by atoms with Gasteiger partial charge in [0.25, 0.3) is 0 Å². The van der Waals surface area contributed by atoms with E-state index < -0.39 is 10.0 Å². The number of hydrogen-bond acceptors (Lipinski definition) is 5. The van der Waals surface area contributed by atoms with E-state index in [4.69, 9.17) is 16.7 Å². The van der Waals surface area contributed by atoms with Gasteiger partial charge in [0, 0.05) is 24.9 Å². The van der Waals surface area contributed by atoms with Crippen molar-refractivity contribution in [1.82, 2.24) is 0 Å². The maximum absolute atomic E-state index is 12.3. The van der Waals surface area contributed by atoms with Crippen LogP contribution in [0.2, 0.25) is 5.02 Å². The predicted octanol–water partition coefficient (Wildman–Crippen LogP) is 2.93. The molecule has 1 amide bonds. The average Bonchev–Trinajstić information content (AvgIpc) is 2.55. The van der Waals surface area contributed by atoms with E-state index in [0.29, 0.717) is 22.2 Å². The van der Waals surface area contributed by atoms with Gasteiger partial charge in [-0.2, -0.15) is 0 Å². The van der Waals surface area contributed by atoms with Crippen molar-refractivity contribution in [2.24, 2.45) is 5.14 Å². The molecule has 0 atom stereocenters. The minimum atomic E-state index is -3.85. The monoisotopic (exact) mass is 413 g/mol. The molecule has 3 N–H and O–H groups in total. The van der Waals surface area contributed by atoms with E-state index in [1.54, 1.807) is 31.1 Å². The Bertz CT molecular complexity index is 902. The summed E-state index contributed by atoms with van der Waals surface area (Å²) in [6.45, 7) is 0. The number of thioether (sulfide) groups is 1. The highest BCUT2D eigenvalue weighted by Gasteiger charge is 2.14. The Morgan fingerprint density at radius 1 is 1.23 bits per heavy atom. The van der Waals surface area contributed by atoms with Crippen molar-refractivity contribution in [3.63, 3.8) is 0 Å². The van der Waals surface area contributed by atoms with Crippen LogP contribution < -0.4 is 15.4 Å². The van der Waals surface area contributed by atoms with Gasteiger partial charge in [-0.05, 0) is 29.8 Å². The van der Waals surface area contributed by atoms with Gasteiger partial charge in [0.2, 0.25) is 15.9 Å². The smallest absolute Gasteiger partial charge is 0.238 e. The van der Waals surface area contributed by atoms with Crippen LogP contribution in [-0.4, -0.2) is 34.2 Å². The van der Waals surface area contributed by atoms with Gasteiger partial charge in [-0.15, -0.1) is 11.8 Å². The molecule has 140 valence electrons. The molecule has 9 heteroatoms. The molecule has 0 saturated heterocycles. The maximum atomic E-state index is 12.3. The number of sulfonamides is 1. The van der Waals surface area contributed by atoms with E-state index in [1.165, 1.54) is 23.9 Å². The number of carbonyl (C=O) groups excluding carboxylic acids is 1. The molecule has 0 aliphatic heterocycles. The standard InChI is InChI=1S/C17H20ClN3O3S2/c1-21(2)16-8-7-13(26(19,23)24)9-15(16)20-17(22)11-25-10-12-5-3-4-6-14(12)18/h3-9H,10-11H2,1-2H3,(H,20,22)(H2,19,23,24). The molecule has 0 aliphatic carbocycles. The molecule has 0 heterocycles. The number of hydrogen-bond donors (Lipinski definition) is 2. The average molecular weight is 414 g/mol. The lowest BCUT2D eigenvalue weighted by molar-refractivity contribution is -0.113. The van der Waals surface area contributed by atoms with E-state index in [1.807, 2.05) is 18.2 Å². The first-order chi connectivity index (χ1) is 12.2. The largest absolute Gasteiger partial charge is 0.376 e. The molecule has 0 aliphatic rings. The molecule has 0 aromatic heterocycles. The van der Waals surface area contributed by atoms with Crippen molar-refractivity contribution >= 4 is 50.7 Å². The number of benzene rings is 2. The summed E-state index contributed by atoms with van der Waals surface area (Å²) in [5.74, 6) is 0.569. The second kappa shape index (κ2) is 8.77. The highest BCUT2D eigenvalue weighted by molar-refractivity contribution is 7.99. The summed E-state index contributed by atoms with van der Waals surface area (Å²) in [5, 5.41) is 8.58. The summed E-state index contributed by atoms with van der Waals surface area (Å²) in [5.41, 5.74) is 2.03. The second-order valence-electron chi connectivity index (χ2n) is 5.75. The Labute approximate surface area is 162 Å². The number of primary sulfonamides is 1. The fraction of sp³-hybridized carbons (Fsp3) is 0.235. The normalized spacial score (nSPS) is 11.2. The summed E-state index contributed by atoms with van der Waals surface area (Å²) in [4.78, 5) is 14.0. The van der Waals surface area contributed by atoms with Gasteiger partial charge in [-0.3, -0.25) is 4.79 Å². The van der Waals surface area contributed by atoms with Crippen LogP contribution >= 0.6 is 23.4 Å². The lowest BCUT2D eigenvalue weighted by Gasteiger charge is -2.18. The first-order valence-electron chi connectivity index (χ1n) is 7.63. The lowest BCUT2D eigenvalue weighted by atomic mass is 10.2. The van der Waals surface area contributed by atoms with Crippen molar-refractivity contribution in [1.29, 1.82) is 0 Å². The fourth-order valence-electron chi connectivity index (χ4n) is 2.24. The summed E-state index contributed by atoms with van der Waals surface area (Å²) in [7, 11) is -0.252. The zero-order valence-electron chi connectivity index (χ0n) is 14.4. The quantitative estimate of drug-likeness (QED) is 0.728. The van der Waals surface area contributed by atoms with Gasteiger partial charge in [0.15, 0.2) is 0 Å². The van der Waals surface area contributed by atoms with E-state index in [2.05, 4.69) is 5.32 Å². The van der Waals surface area contributed by atoms with Gasteiger partial charge < -0.3 is 10.2 Å². The first-order valence-corrected chi connectivity index (χ1v) is 10.7. The van der Waals surface area contributed by atoms with Gasteiger partial charge >= 0.3 is 0 Å². The highest BCUT2D eigenvalue weighted by Crippen LogP contribution is 2.28. The molecule has 0 unspecified atom stereocenters. The Balaban J connectivity index is 2.06. The van der Waals surface area contributed by atoms with Gasteiger partial charge in [-0.1, -0.05) is 29.8 Å². The summed E-state index contributed by atoms with van der Waals surface area (Å²) in [6, 6.07) is 11.8. The minimum Gasteiger partial charge on any atom is -0.376 e. The van der Waals surface area contributed by atoms with Crippen molar-refractivity contribution in [3.8, 4) is 0 Å². The SMILES string of the molecule is CN(C)c1ccc(S(N)(=O)=O)cc1NC(=O)CSCc1ccccc1Cl. The van der Waals surface area contributed by atoms with Crippen LogP contribution in [0.1, 0.15) is 5.56 Å². The molecular formula is C17H20ClN3O3S2. The number of nitrogens with zero attached hydrogens (tertiary/aromatic N) is 1. The van der Waals surface area contributed by atoms with E-state index in [0.717, 1.165) is 5.56 Å². The summed E-state index contributed by atoms with van der Waals surface area (Å²) >= 11 is 7.52. The third-order valence-corrected chi connectivity index (χ3v) is 5.76. The zero-order valence-corrected chi connectivity index (χ0v) is 16.8. The Morgan fingerprint density at radius 3 is 2.54 bits per heavy atom. The predicted molar refractivity (Wildman–Crippen MR) is 108 cm³/mol. The third-order valence-electron chi connectivity index (χ3n) is 3.50. The molecule has 0 spiro atoms.